The average Bonchev–Trinajstić information content (AvgIpc) is 2.40. The summed E-state index contributed by atoms with van der Waals surface area (Å²) in [6.45, 7) is 1.79. The number of ether oxygens (including phenoxy) is 1. The standard InChI is InChI=1S/C13H15NO5S/c1-8-3-4-9(13(18)19-2)5-10(8)14-11(15)6-20-7-12(16)17/h3-5H,6-7H2,1-2H3,(H,14,15)(H,16,17). The van der Waals surface area contributed by atoms with Crippen molar-refractivity contribution in [1.29, 1.82) is 0 Å². The molecule has 20 heavy (non-hydrogen) atoms. The molecule has 0 radical (unpaired) electrons. The Balaban J connectivity index is 2.68. The fourth-order valence-corrected chi connectivity index (χ4v) is 1.95. The molecule has 0 atom stereocenters. The van der Waals surface area contributed by atoms with E-state index in [1.165, 1.54) is 13.2 Å². The first-order valence-electron chi connectivity index (χ1n) is 5.72. The van der Waals surface area contributed by atoms with Gasteiger partial charge >= 0.3 is 11.9 Å². The summed E-state index contributed by atoms with van der Waals surface area (Å²) >= 11 is 1.01. The summed E-state index contributed by atoms with van der Waals surface area (Å²) in [5, 5.41) is 11.1. The number of methoxy groups -OCH3 is 1. The second kappa shape index (κ2) is 7.54. The molecule has 1 amide bonds. The number of anilines is 1. The summed E-state index contributed by atoms with van der Waals surface area (Å²) in [5.74, 6) is -1.86. The number of aliphatic carboxylic acids is 1. The molecule has 0 saturated carbocycles. The second-order valence-corrected chi connectivity index (χ2v) is 4.94. The highest BCUT2D eigenvalue weighted by molar-refractivity contribution is 8.00. The van der Waals surface area contributed by atoms with Gasteiger partial charge < -0.3 is 15.2 Å². The topological polar surface area (TPSA) is 92.7 Å². The Morgan fingerprint density at radius 2 is 2.00 bits per heavy atom. The van der Waals surface area contributed by atoms with E-state index >= 15 is 0 Å². The van der Waals surface area contributed by atoms with Crippen LogP contribution in [0.2, 0.25) is 0 Å². The molecule has 0 saturated heterocycles. The molecule has 0 aromatic heterocycles. The lowest BCUT2D eigenvalue weighted by Gasteiger charge is -2.09. The second-order valence-electron chi connectivity index (χ2n) is 3.96. The summed E-state index contributed by atoms with van der Waals surface area (Å²) in [5.41, 5.74) is 1.65. The zero-order chi connectivity index (χ0) is 15.1. The van der Waals surface area contributed by atoms with Crippen molar-refractivity contribution in [3.8, 4) is 0 Å². The van der Waals surface area contributed by atoms with E-state index in [0.717, 1.165) is 17.3 Å². The van der Waals surface area contributed by atoms with Crippen LogP contribution in [-0.4, -0.2) is 41.6 Å². The predicted molar refractivity (Wildman–Crippen MR) is 76.1 cm³/mol. The van der Waals surface area contributed by atoms with Crippen molar-refractivity contribution in [3.63, 3.8) is 0 Å². The van der Waals surface area contributed by atoms with Gasteiger partial charge in [-0.15, -0.1) is 11.8 Å². The molecule has 0 aliphatic carbocycles. The molecule has 1 aromatic rings. The number of carbonyl (C=O) groups excluding carboxylic acids is 2. The van der Waals surface area contributed by atoms with Crippen molar-refractivity contribution >= 4 is 35.3 Å². The Labute approximate surface area is 120 Å². The maximum atomic E-state index is 11.7. The number of nitrogens with one attached hydrogen (secondary N) is 1. The highest BCUT2D eigenvalue weighted by atomic mass is 32.2. The Kier molecular flexibility index (Phi) is 6.05. The van der Waals surface area contributed by atoms with E-state index in [4.69, 9.17) is 5.11 Å². The van der Waals surface area contributed by atoms with Crippen LogP contribution in [0.25, 0.3) is 0 Å². The van der Waals surface area contributed by atoms with Crippen LogP contribution in [0, 0.1) is 6.92 Å². The number of carbonyl (C=O) groups is 3. The van der Waals surface area contributed by atoms with Crippen LogP contribution in [-0.2, 0) is 14.3 Å². The largest absolute Gasteiger partial charge is 0.481 e. The quantitative estimate of drug-likeness (QED) is 0.774. The molecule has 7 heteroatoms. The zero-order valence-corrected chi connectivity index (χ0v) is 12.0. The van der Waals surface area contributed by atoms with Crippen LogP contribution in [0.3, 0.4) is 0 Å². The third-order valence-electron chi connectivity index (χ3n) is 2.39. The SMILES string of the molecule is COC(=O)c1ccc(C)c(NC(=O)CSCC(=O)O)c1. The first kappa shape index (κ1) is 16.0. The molecule has 0 fully saturated rings. The van der Waals surface area contributed by atoms with Gasteiger partial charge in [0, 0.05) is 5.69 Å². The number of hydrogen-bond acceptors (Lipinski definition) is 5. The van der Waals surface area contributed by atoms with Gasteiger partial charge in [0.1, 0.15) is 0 Å². The smallest absolute Gasteiger partial charge is 0.337 e. The summed E-state index contributed by atoms with van der Waals surface area (Å²) in [4.78, 5) is 33.4. The highest BCUT2D eigenvalue weighted by Gasteiger charge is 2.10. The minimum atomic E-state index is -0.966. The number of benzene rings is 1. The molecule has 0 spiro atoms. The van der Waals surface area contributed by atoms with Gasteiger partial charge in [-0.1, -0.05) is 6.07 Å². The van der Waals surface area contributed by atoms with E-state index in [1.807, 2.05) is 0 Å². The van der Waals surface area contributed by atoms with Crippen molar-refractivity contribution in [3.05, 3.63) is 29.3 Å². The minimum absolute atomic E-state index is 0.0359. The minimum Gasteiger partial charge on any atom is -0.481 e. The van der Waals surface area contributed by atoms with Crippen molar-refractivity contribution in [2.45, 2.75) is 6.92 Å². The lowest BCUT2D eigenvalue weighted by molar-refractivity contribution is -0.133. The molecule has 108 valence electrons. The van der Waals surface area contributed by atoms with Gasteiger partial charge in [-0.3, -0.25) is 9.59 Å². The van der Waals surface area contributed by atoms with Gasteiger partial charge in [0.05, 0.1) is 24.2 Å². The lowest BCUT2D eigenvalue weighted by Crippen LogP contribution is -2.16. The Bertz CT molecular complexity index is 529. The molecule has 2 N–H and O–H groups in total. The molecule has 1 aromatic carbocycles. The number of carboxylic acids is 1. The van der Waals surface area contributed by atoms with Crippen LogP contribution >= 0.6 is 11.8 Å². The molecule has 0 bridgehead atoms. The maximum absolute atomic E-state index is 11.7. The Morgan fingerprint density at radius 3 is 2.60 bits per heavy atom. The van der Waals surface area contributed by atoms with Crippen molar-refractivity contribution in [2.24, 2.45) is 0 Å². The summed E-state index contributed by atoms with van der Waals surface area (Å²) in [6, 6.07) is 4.84. The molecule has 1 rings (SSSR count). The molecular formula is C13H15NO5S. The van der Waals surface area contributed by atoms with E-state index in [0.29, 0.717) is 11.3 Å². The maximum Gasteiger partial charge on any atom is 0.337 e. The number of esters is 1. The number of aryl methyl sites for hydroxylation is 1. The van der Waals surface area contributed by atoms with Crippen LogP contribution in [0.15, 0.2) is 18.2 Å². The van der Waals surface area contributed by atoms with Gasteiger partial charge in [-0.2, -0.15) is 0 Å². The molecule has 6 nitrogen and oxygen atoms in total. The highest BCUT2D eigenvalue weighted by Crippen LogP contribution is 2.18. The molecular weight excluding hydrogens is 282 g/mol. The molecule has 0 heterocycles. The zero-order valence-electron chi connectivity index (χ0n) is 11.1. The first-order chi connectivity index (χ1) is 9.43. The van der Waals surface area contributed by atoms with E-state index in [1.54, 1.807) is 19.1 Å². The van der Waals surface area contributed by atoms with Crippen molar-refractivity contribution < 1.29 is 24.2 Å². The Hall–Kier alpha value is -2.02. The summed E-state index contributed by atoms with van der Waals surface area (Å²) < 4.78 is 4.61. The number of hydrogen-bond donors (Lipinski definition) is 2. The number of carboxylic acid groups (broad SMARTS) is 1. The van der Waals surface area contributed by atoms with Gasteiger partial charge in [-0.25, -0.2) is 4.79 Å². The van der Waals surface area contributed by atoms with E-state index in [-0.39, 0.29) is 17.4 Å². The summed E-state index contributed by atoms with van der Waals surface area (Å²) in [6.07, 6.45) is 0. The third-order valence-corrected chi connectivity index (χ3v) is 3.31. The molecule has 0 aliphatic heterocycles. The van der Waals surface area contributed by atoms with E-state index in [2.05, 4.69) is 10.1 Å². The van der Waals surface area contributed by atoms with Gasteiger partial charge in [0.25, 0.3) is 0 Å². The van der Waals surface area contributed by atoms with Crippen LogP contribution < -0.4 is 5.32 Å². The number of thioether (sulfide) groups is 1. The fourth-order valence-electron chi connectivity index (χ4n) is 1.42. The fraction of sp³-hybridized carbons (Fsp3) is 0.308. The molecule has 0 aliphatic rings. The normalized spacial score (nSPS) is 9.90. The lowest BCUT2D eigenvalue weighted by atomic mass is 10.1. The number of rotatable bonds is 6. The monoisotopic (exact) mass is 297 g/mol. The van der Waals surface area contributed by atoms with Crippen molar-refractivity contribution in [1.82, 2.24) is 0 Å². The third kappa shape index (κ3) is 4.93. The average molecular weight is 297 g/mol. The van der Waals surface area contributed by atoms with Crippen LogP contribution in [0.4, 0.5) is 5.69 Å². The predicted octanol–water partition coefficient (Wildman–Crippen LogP) is 1.54. The van der Waals surface area contributed by atoms with Gasteiger partial charge in [0.15, 0.2) is 0 Å². The summed E-state index contributed by atoms with van der Waals surface area (Å²) in [7, 11) is 1.28. The van der Waals surface area contributed by atoms with Crippen LogP contribution in [0.5, 0.6) is 0 Å². The van der Waals surface area contributed by atoms with E-state index in [9.17, 15) is 14.4 Å². The number of amides is 1. The van der Waals surface area contributed by atoms with Gasteiger partial charge in [0.2, 0.25) is 5.91 Å². The molecule has 0 unspecified atom stereocenters. The Morgan fingerprint density at radius 1 is 1.30 bits per heavy atom. The van der Waals surface area contributed by atoms with Crippen LogP contribution in [0.1, 0.15) is 15.9 Å². The first-order valence-corrected chi connectivity index (χ1v) is 6.88. The van der Waals surface area contributed by atoms with Crippen molar-refractivity contribution in [2.75, 3.05) is 23.9 Å². The van der Waals surface area contributed by atoms with Gasteiger partial charge in [-0.05, 0) is 24.6 Å². The van der Waals surface area contributed by atoms with E-state index < -0.39 is 11.9 Å².